The van der Waals surface area contributed by atoms with Crippen molar-refractivity contribution in [2.45, 2.75) is 57.9 Å². The summed E-state index contributed by atoms with van der Waals surface area (Å²) in [6, 6.07) is 12.8. The molecule has 2 aliphatic heterocycles. The first-order valence-electron chi connectivity index (χ1n) is 12.4. The van der Waals surface area contributed by atoms with Gasteiger partial charge in [-0.25, -0.2) is 0 Å². The highest BCUT2D eigenvalue weighted by molar-refractivity contribution is 5.94. The van der Waals surface area contributed by atoms with Crippen LogP contribution in [-0.4, -0.2) is 54.6 Å². The Hall–Kier alpha value is -2.40. The lowest BCUT2D eigenvalue weighted by Crippen LogP contribution is -2.45. The van der Waals surface area contributed by atoms with Gasteiger partial charge in [0.1, 0.15) is 0 Å². The summed E-state index contributed by atoms with van der Waals surface area (Å²) in [5.74, 6) is 1.44. The van der Waals surface area contributed by atoms with Crippen LogP contribution in [-0.2, 0) is 0 Å². The van der Waals surface area contributed by atoms with E-state index in [0.717, 1.165) is 63.3 Å². The van der Waals surface area contributed by atoms with E-state index in [1.54, 1.807) is 0 Å². The molecule has 2 saturated heterocycles. The number of carbonyl (C=O) groups is 1. The Morgan fingerprint density at radius 2 is 1.62 bits per heavy atom. The third-order valence-electron chi connectivity index (χ3n) is 7.11. The fraction of sp³-hybridized carbons (Fsp3) is 0.556. The third kappa shape index (κ3) is 6.10. The number of rotatable bonds is 7. The monoisotopic (exact) mass is 434 g/mol. The van der Waals surface area contributed by atoms with Crippen LogP contribution in [0.15, 0.2) is 48.8 Å². The van der Waals surface area contributed by atoms with Crippen molar-refractivity contribution in [3.8, 4) is 0 Å². The summed E-state index contributed by atoms with van der Waals surface area (Å²) in [4.78, 5) is 21.9. The van der Waals surface area contributed by atoms with Crippen molar-refractivity contribution >= 4 is 11.6 Å². The summed E-state index contributed by atoms with van der Waals surface area (Å²) in [6.45, 7) is 10.0. The van der Waals surface area contributed by atoms with E-state index < -0.39 is 0 Å². The first kappa shape index (κ1) is 22.8. The number of aromatic nitrogens is 1. The van der Waals surface area contributed by atoms with Crippen LogP contribution in [0.1, 0.15) is 67.8 Å². The molecule has 1 N–H and O–H groups in total. The van der Waals surface area contributed by atoms with Gasteiger partial charge in [-0.3, -0.25) is 9.78 Å². The second kappa shape index (κ2) is 11.0. The van der Waals surface area contributed by atoms with Gasteiger partial charge in [0.2, 0.25) is 0 Å². The number of hydrogen-bond donors (Lipinski definition) is 1. The maximum absolute atomic E-state index is 12.8. The molecular formula is C27H38N4O. The number of nitrogens with one attached hydrogen (secondary N) is 1. The number of carbonyl (C=O) groups excluding carboxylic acids is 1. The van der Waals surface area contributed by atoms with E-state index in [1.165, 1.54) is 24.2 Å². The lowest BCUT2D eigenvalue weighted by atomic mass is 9.90. The van der Waals surface area contributed by atoms with Crippen LogP contribution < -0.4 is 10.2 Å². The molecule has 1 amide bonds. The largest absolute Gasteiger partial charge is 0.371 e. The van der Waals surface area contributed by atoms with Gasteiger partial charge in [0.25, 0.3) is 5.91 Å². The standard InChI is InChI=1S/C27H38N4O/c1-21(2)9-16-30-17-12-25(13-18-30)29-27(32)24-3-5-26(6-4-24)31-19-10-23(11-20-31)22-7-14-28-15-8-22/h3-8,14-15,21,23,25H,9-13,16-20H2,1-2H3,(H,29,32). The normalized spacial score (nSPS) is 18.8. The molecule has 0 radical (unpaired) electrons. The topological polar surface area (TPSA) is 48.5 Å². The Morgan fingerprint density at radius 3 is 2.25 bits per heavy atom. The van der Waals surface area contributed by atoms with E-state index in [0.29, 0.717) is 12.0 Å². The van der Waals surface area contributed by atoms with E-state index >= 15 is 0 Å². The summed E-state index contributed by atoms with van der Waals surface area (Å²) in [7, 11) is 0. The molecule has 4 rings (SSSR count). The van der Waals surface area contributed by atoms with Crippen molar-refractivity contribution in [1.29, 1.82) is 0 Å². The summed E-state index contributed by atoms with van der Waals surface area (Å²) in [5.41, 5.74) is 3.38. The van der Waals surface area contributed by atoms with Crippen LogP contribution in [0.2, 0.25) is 0 Å². The summed E-state index contributed by atoms with van der Waals surface area (Å²) in [6.07, 6.45) is 9.45. The quantitative estimate of drug-likeness (QED) is 0.686. The molecule has 0 unspecified atom stereocenters. The zero-order valence-electron chi connectivity index (χ0n) is 19.7. The van der Waals surface area contributed by atoms with Crippen molar-refractivity contribution in [2.24, 2.45) is 5.92 Å². The van der Waals surface area contributed by atoms with Gasteiger partial charge in [-0.15, -0.1) is 0 Å². The molecule has 1 aromatic heterocycles. The maximum Gasteiger partial charge on any atom is 0.251 e. The zero-order chi connectivity index (χ0) is 22.3. The van der Waals surface area contributed by atoms with E-state index in [2.05, 4.69) is 58.2 Å². The van der Waals surface area contributed by atoms with Gasteiger partial charge in [-0.1, -0.05) is 13.8 Å². The first-order chi connectivity index (χ1) is 15.6. The SMILES string of the molecule is CC(C)CCN1CCC(NC(=O)c2ccc(N3CCC(c4ccncc4)CC3)cc2)CC1. The van der Waals surface area contributed by atoms with Crippen LogP contribution in [0.4, 0.5) is 5.69 Å². The Bertz CT molecular complexity index is 836. The predicted octanol–water partition coefficient (Wildman–Crippen LogP) is 4.71. The fourth-order valence-electron chi connectivity index (χ4n) is 4.94. The lowest BCUT2D eigenvalue weighted by molar-refractivity contribution is 0.0910. The Kier molecular flexibility index (Phi) is 7.80. The van der Waals surface area contributed by atoms with E-state index in [-0.39, 0.29) is 5.91 Å². The number of hydrogen-bond acceptors (Lipinski definition) is 4. The molecule has 1 aromatic carbocycles. The number of nitrogens with zero attached hydrogens (tertiary/aromatic N) is 3. The zero-order valence-corrected chi connectivity index (χ0v) is 19.7. The maximum atomic E-state index is 12.8. The van der Waals surface area contributed by atoms with Crippen molar-refractivity contribution < 1.29 is 4.79 Å². The average Bonchev–Trinajstić information content (AvgIpc) is 2.84. The molecule has 5 nitrogen and oxygen atoms in total. The summed E-state index contributed by atoms with van der Waals surface area (Å²) in [5, 5.41) is 3.26. The number of likely N-dealkylation sites (tertiary alicyclic amines) is 1. The minimum Gasteiger partial charge on any atom is -0.371 e. The molecule has 0 aliphatic carbocycles. The lowest BCUT2D eigenvalue weighted by Gasteiger charge is -2.34. The van der Waals surface area contributed by atoms with Crippen LogP contribution in [0, 0.1) is 5.92 Å². The molecule has 5 heteroatoms. The number of pyridine rings is 1. The molecule has 0 saturated carbocycles. The van der Waals surface area contributed by atoms with Gasteiger partial charge in [0.05, 0.1) is 0 Å². The van der Waals surface area contributed by atoms with Gasteiger partial charge < -0.3 is 15.1 Å². The highest BCUT2D eigenvalue weighted by Gasteiger charge is 2.23. The summed E-state index contributed by atoms with van der Waals surface area (Å²) >= 11 is 0. The van der Waals surface area contributed by atoms with Gasteiger partial charge >= 0.3 is 0 Å². The average molecular weight is 435 g/mol. The number of amides is 1. The molecule has 3 heterocycles. The van der Waals surface area contributed by atoms with Crippen LogP contribution in [0.5, 0.6) is 0 Å². The second-order valence-corrected chi connectivity index (χ2v) is 9.86. The Labute approximate surface area is 193 Å². The molecular weight excluding hydrogens is 396 g/mol. The Morgan fingerprint density at radius 1 is 0.969 bits per heavy atom. The van der Waals surface area contributed by atoms with E-state index in [4.69, 9.17) is 0 Å². The van der Waals surface area contributed by atoms with Crippen molar-refractivity contribution in [3.05, 3.63) is 59.9 Å². The summed E-state index contributed by atoms with van der Waals surface area (Å²) < 4.78 is 0. The van der Waals surface area contributed by atoms with Gasteiger partial charge in [0, 0.05) is 55.9 Å². The highest BCUT2D eigenvalue weighted by Crippen LogP contribution is 2.30. The van der Waals surface area contributed by atoms with Crippen LogP contribution >= 0.6 is 0 Å². The minimum absolute atomic E-state index is 0.0635. The number of benzene rings is 1. The molecule has 2 aromatic rings. The number of piperidine rings is 2. The first-order valence-corrected chi connectivity index (χ1v) is 12.4. The van der Waals surface area contributed by atoms with Crippen molar-refractivity contribution in [3.63, 3.8) is 0 Å². The molecule has 172 valence electrons. The van der Waals surface area contributed by atoms with Crippen molar-refractivity contribution in [1.82, 2.24) is 15.2 Å². The molecule has 2 fully saturated rings. The molecule has 0 atom stereocenters. The van der Waals surface area contributed by atoms with E-state index in [1.807, 2.05) is 24.5 Å². The second-order valence-electron chi connectivity index (χ2n) is 9.86. The molecule has 2 aliphatic rings. The molecule has 0 bridgehead atoms. The highest BCUT2D eigenvalue weighted by atomic mass is 16.1. The minimum atomic E-state index is 0.0635. The smallest absolute Gasteiger partial charge is 0.251 e. The fourth-order valence-corrected chi connectivity index (χ4v) is 4.94. The van der Waals surface area contributed by atoms with Gasteiger partial charge in [-0.05, 0) is 92.4 Å². The predicted molar refractivity (Wildman–Crippen MR) is 131 cm³/mol. The van der Waals surface area contributed by atoms with Gasteiger partial charge in [0.15, 0.2) is 0 Å². The Balaban J connectivity index is 1.23. The van der Waals surface area contributed by atoms with Crippen LogP contribution in [0.25, 0.3) is 0 Å². The third-order valence-corrected chi connectivity index (χ3v) is 7.11. The molecule has 0 spiro atoms. The number of anilines is 1. The van der Waals surface area contributed by atoms with Crippen LogP contribution in [0.3, 0.4) is 0 Å². The van der Waals surface area contributed by atoms with E-state index in [9.17, 15) is 4.79 Å². The van der Waals surface area contributed by atoms with Crippen molar-refractivity contribution in [2.75, 3.05) is 37.6 Å². The van der Waals surface area contributed by atoms with Gasteiger partial charge in [-0.2, -0.15) is 0 Å². The molecule has 32 heavy (non-hydrogen) atoms.